The number of nitrogens with one attached hydrogen (secondary N) is 2. The van der Waals surface area contributed by atoms with Crippen LogP contribution in [0.25, 0.3) is 32.9 Å². The van der Waals surface area contributed by atoms with E-state index in [1.54, 1.807) is 6.20 Å². The predicted molar refractivity (Wildman–Crippen MR) is 169 cm³/mol. The molecule has 4 aliphatic rings. The molecule has 6 heterocycles. The molecular weight excluding hydrogens is 581 g/mol. The Morgan fingerprint density at radius 2 is 1.86 bits per heavy atom. The van der Waals surface area contributed by atoms with E-state index in [4.69, 9.17) is 26.3 Å². The van der Waals surface area contributed by atoms with E-state index >= 15 is 4.39 Å². The SMILES string of the molecule is Cc1ccc(-c2ncc3c(N4CCCC5(CNC(=O)N5)C4)nc(OCC45CCCN4CCC5)nc3c2F)c2c(Cl)cccc12. The first-order valence-electron chi connectivity index (χ1n) is 15.6. The van der Waals surface area contributed by atoms with Crippen LogP contribution < -0.4 is 20.3 Å². The molecule has 8 rings (SSSR count). The van der Waals surface area contributed by atoms with Crippen LogP contribution in [0, 0.1) is 12.7 Å². The average Bonchev–Trinajstić information content (AvgIpc) is 3.71. The third-order valence-corrected chi connectivity index (χ3v) is 10.5. The topological polar surface area (TPSA) is 95.5 Å². The van der Waals surface area contributed by atoms with Crippen molar-refractivity contribution < 1.29 is 13.9 Å². The summed E-state index contributed by atoms with van der Waals surface area (Å²) in [4.78, 5) is 31.0. The fourth-order valence-electron chi connectivity index (χ4n) is 8.02. The molecule has 2 N–H and O–H groups in total. The van der Waals surface area contributed by atoms with E-state index < -0.39 is 11.4 Å². The van der Waals surface area contributed by atoms with Crippen LogP contribution in [0.3, 0.4) is 0 Å². The summed E-state index contributed by atoms with van der Waals surface area (Å²) in [6.45, 7) is 6.43. The van der Waals surface area contributed by atoms with Crippen LogP contribution in [-0.2, 0) is 0 Å². The van der Waals surface area contributed by atoms with Crippen LogP contribution in [0.4, 0.5) is 15.0 Å². The van der Waals surface area contributed by atoms with E-state index in [0.29, 0.717) is 48.0 Å². The lowest BCUT2D eigenvalue weighted by Crippen LogP contribution is -2.56. The number of amides is 2. The lowest BCUT2D eigenvalue weighted by molar-refractivity contribution is 0.108. The Labute approximate surface area is 260 Å². The van der Waals surface area contributed by atoms with Gasteiger partial charge in [-0.1, -0.05) is 35.9 Å². The van der Waals surface area contributed by atoms with Crippen molar-refractivity contribution in [2.45, 2.75) is 56.5 Å². The molecule has 9 nitrogen and oxygen atoms in total. The van der Waals surface area contributed by atoms with Gasteiger partial charge in [-0.3, -0.25) is 9.88 Å². The highest BCUT2D eigenvalue weighted by molar-refractivity contribution is 6.36. The Bertz CT molecular complexity index is 1810. The maximum Gasteiger partial charge on any atom is 0.319 e. The van der Waals surface area contributed by atoms with E-state index in [0.717, 1.165) is 68.0 Å². The second-order valence-corrected chi connectivity index (χ2v) is 13.3. The number of fused-ring (bicyclic) bond motifs is 3. The Morgan fingerprint density at radius 1 is 1.05 bits per heavy atom. The normalized spacial score (nSPS) is 23.0. The first-order valence-corrected chi connectivity index (χ1v) is 16.0. The number of piperidine rings is 1. The number of aryl methyl sites for hydroxylation is 1. The summed E-state index contributed by atoms with van der Waals surface area (Å²) in [6.07, 6.45) is 7.83. The second-order valence-electron chi connectivity index (χ2n) is 12.9. The van der Waals surface area contributed by atoms with Crippen LogP contribution in [0.1, 0.15) is 44.1 Å². The van der Waals surface area contributed by atoms with Gasteiger partial charge in [0.05, 0.1) is 16.5 Å². The van der Waals surface area contributed by atoms with Crippen LogP contribution in [-0.4, -0.2) is 76.3 Å². The van der Waals surface area contributed by atoms with Crippen molar-refractivity contribution in [1.29, 1.82) is 0 Å². The molecule has 4 fully saturated rings. The maximum absolute atomic E-state index is 16.8. The third kappa shape index (κ3) is 4.44. The van der Waals surface area contributed by atoms with Gasteiger partial charge >= 0.3 is 12.0 Å². The summed E-state index contributed by atoms with van der Waals surface area (Å²) < 4.78 is 23.2. The Morgan fingerprint density at radius 3 is 2.66 bits per heavy atom. The van der Waals surface area contributed by atoms with Gasteiger partial charge in [-0.25, -0.2) is 9.18 Å². The predicted octanol–water partition coefficient (Wildman–Crippen LogP) is 5.60. The fraction of sp³-hybridized carbons (Fsp3) is 0.455. The molecule has 11 heteroatoms. The Hall–Kier alpha value is -3.76. The molecule has 0 saturated carbocycles. The molecule has 1 unspecified atom stereocenters. The molecule has 2 aromatic carbocycles. The van der Waals surface area contributed by atoms with E-state index in [2.05, 4.69) is 25.4 Å². The van der Waals surface area contributed by atoms with E-state index in [1.165, 1.54) is 0 Å². The molecule has 1 spiro atoms. The van der Waals surface area contributed by atoms with Crippen LogP contribution >= 0.6 is 11.6 Å². The number of pyridine rings is 1. The molecule has 2 amide bonds. The number of halogens is 2. The van der Waals surface area contributed by atoms with Crippen molar-refractivity contribution >= 4 is 45.1 Å². The fourth-order valence-corrected chi connectivity index (χ4v) is 8.29. The number of hydrogen-bond donors (Lipinski definition) is 2. The molecule has 4 saturated heterocycles. The molecule has 0 bridgehead atoms. The number of benzene rings is 2. The molecule has 1 atom stereocenters. The number of ether oxygens (including phenoxy) is 1. The van der Waals surface area contributed by atoms with Crippen LogP contribution in [0.2, 0.25) is 5.02 Å². The van der Waals surface area contributed by atoms with Crippen molar-refractivity contribution in [3.63, 3.8) is 0 Å². The minimum absolute atomic E-state index is 0.00697. The van der Waals surface area contributed by atoms with E-state index in [9.17, 15) is 4.79 Å². The molecule has 4 aliphatic heterocycles. The van der Waals surface area contributed by atoms with Gasteiger partial charge in [0, 0.05) is 41.8 Å². The van der Waals surface area contributed by atoms with Gasteiger partial charge in [0.25, 0.3) is 0 Å². The summed E-state index contributed by atoms with van der Waals surface area (Å²) in [5.41, 5.74) is 1.59. The smallest absolute Gasteiger partial charge is 0.319 e. The Balaban J connectivity index is 1.25. The number of nitrogens with zero attached hydrogens (tertiary/aromatic N) is 5. The zero-order chi connectivity index (χ0) is 30.1. The number of aromatic nitrogens is 3. The molecular formula is C33H35ClFN7O2. The number of urea groups is 1. The summed E-state index contributed by atoms with van der Waals surface area (Å²) in [5.74, 6) is 0.0346. The summed E-state index contributed by atoms with van der Waals surface area (Å²) in [7, 11) is 0. The van der Waals surface area contributed by atoms with Gasteiger partial charge in [0.1, 0.15) is 23.6 Å². The highest BCUT2D eigenvalue weighted by atomic mass is 35.5. The van der Waals surface area contributed by atoms with Gasteiger partial charge in [0.2, 0.25) is 0 Å². The maximum atomic E-state index is 16.8. The van der Waals surface area contributed by atoms with Crippen molar-refractivity contribution in [2.24, 2.45) is 0 Å². The zero-order valence-corrected chi connectivity index (χ0v) is 25.5. The highest BCUT2D eigenvalue weighted by Gasteiger charge is 2.45. The van der Waals surface area contributed by atoms with Gasteiger partial charge in [-0.2, -0.15) is 9.97 Å². The Kier molecular flexibility index (Phi) is 6.57. The molecule has 0 aliphatic carbocycles. The third-order valence-electron chi connectivity index (χ3n) is 10.2. The second kappa shape index (κ2) is 10.4. The van der Waals surface area contributed by atoms with Crippen LogP contribution in [0.5, 0.6) is 6.01 Å². The van der Waals surface area contributed by atoms with Gasteiger partial charge in [0.15, 0.2) is 5.82 Å². The van der Waals surface area contributed by atoms with Gasteiger partial charge in [-0.05, 0) is 75.6 Å². The standard InChI is InChI=1S/C33H35ClFN7O2/c1-20-8-9-22(25-21(20)6-2-7-24(25)34)27-26(35)28-23(16-36-27)29(41-13-3-10-32(18-41)17-37-30(43)40-32)39-31(38-28)44-19-33-11-4-14-42(33)15-5-12-33/h2,6-9,16H,3-5,10-15,17-19H2,1H3,(H2,37,40,43). The lowest BCUT2D eigenvalue weighted by atomic mass is 9.90. The molecule has 228 valence electrons. The number of carbonyl (C=O) groups excluding carboxylic acids is 1. The summed E-state index contributed by atoms with van der Waals surface area (Å²) >= 11 is 6.68. The van der Waals surface area contributed by atoms with Crippen molar-refractivity contribution in [1.82, 2.24) is 30.5 Å². The average molecular weight is 616 g/mol. The first kappa shape index (κ1) is 27.8. The number of carbonyl (C=O) groups is 1. The lowest BCUT2D eigenvalue weighted by Gasteiger charge is -2.40. The monoisotopic (exact) mass is 615 g/mol. The quantitative estimate of drug-likeness (QED) is 0.302. The highest BCUT2D eigenvalue weighted by Crippen LogP contribution is 2.41. The number of hydrogen-bond acceptors (Lipinski definition) is 7. The van der Waals surface area contributed by atoms with E-state index in [1.807, 2.05) is 37.3 Å². The van der Waals surface area contributed by atoms with Crippen molar-refractivity contribution in [3.05, 3.63) is 52.9 Å². The zero-order valence-electron chi connectivity index (χ0n) is 24.8. The van der Waals surface area contributed by atoms with Gasteiger partial charge in [-0.15, -0.1) is 0 Å². The minimum Gasteiger partial charge on any atom is -0.461 e. The van der Waals surface area contributed by atoms with Crippen molar-refractivity contribution in [3.8, 4) is 17.3 Å². The largest absolute Gasteiger partial charge is 0.461 e. The summed E-state index contributed by atoms with van der Waals surface area (Å²) in [6, 6.07) is 9.54. The minimum atomic E-state index is -0.537. The molecule has 44 heavy (non-hydrogen) atoms. The van der Waals surface area contributed by atoms with Crippen LogP contribution in [0.15, 0.2) is 36.5 Å². The van der Waals surface area contributed by atoms with E-state index in [-0.39, 0.29) is 28.8 Å². The number of rotatable bonds is 5. The summed E-state index contributed by atoms with van der Waals surface area (Å²) in [5, 5.41) is 8.78. The van der Waals surface area contributed by atoms with Crippen molar-refractivity contribution in [2.75, 3.05) is 44.2 Å². The molecule has 4 aromatic rings. The first-order chi connectivity index (χ1) is 21.3. The van der Waals surface area contributed by atoms with Gasteiger partial charge < -0.3 is 20.3 Å². The molecule has 2 aromatic heterocycles. The number of anilines is 1. The molecule has 0 radical (unpaired) electrons.